The first kappa shape index (κ1) is 14.8. The zero-order valence-electron chi connectivity index (χ0n) is 11.3. The largest absolute Gasteiger partial charge is 0.384 e. The molecule has 0 aliphatic heterocycles. The Hall–Kier alpha value is -2.65. The van der Waals surface area contributed by atoms with Crippen LogP contribution in [-0.4, -0.2) is 22.8 Å². The quantitative estimate of drug-likeness (QED) is 0.837. The Kier molecular flexibility index (Phi) is 4.69. The summed E-state index contributed by atoms with van der Waals surface area (Å²) in [5, 5.41) is 14.7. The van der Waals surface area contributed by atoms with E-state index in [2.05, 4.69) is 22.3 Å². The molecular weight excluding hydrogens is 275 g/mol. The van der Waals surface area contributed by atoms with Crippen LogP contribution in [0.1, 0.15) is 27.2 Å². The van der Waals surface area contributed by atoms with Gasteiger partial charge in [0.1, 0.15) is 12.4 Å². The molecule has 0 atom stereocenters. The van der Waals surface area contributed by atoms with Crippen molar-refractivity contribution in [3.63, 3.8) is 0 Å². The van der Waals surface area contributed by atoms with E-state index in [0.717, 1.165) is 0 Å². The minimum absolute atomic E-state index is 0.000544. The highest BCUT2D eigenvalue weighted by atomic mass is 19.1. The summed E-state index contributed by atoms with van der Waals surface area (Å²) in [5.74, 6) is 4.35. The molecule has 6 heteroatoms. The number of aryl methyl sites for hydroxylation is 1. The maximum atomic E-state index is 13.7. The first-order valence-electron chi connectivity index (χ1n) is 6.19. The van der Waals surface area contributed by atoms with Gasteiger partial charge in [-0.25, -0.2) is 4.39 Å². The van der Waals surface area contributed by atoms with Gasteiger partial charge < -0.3 is 14.9 Å². The van der Waals surface area contributed by atoms with Crippen LogP contribution in [0.4, 0.5) is 4.39 Å². The number of carbonyl (C=O) groups is 1. The molecule has 0 bridgehead atoms. The number of halogens is 1. The van der Waals surface area contributed by atoms with E-state index >= 15 is 0 Å². The van der Waals surface area contributed by atoms with Crippen LogP contribution in [0.5, 0.6) is 0 Å². The number of amides is 1. The minimum Gasteiger partial charge on any atom is -0.384 e. The number of nitrogens with one attached hydrogen (secondary N) is 1. The van der Waals surface area contributed by atoms with Crippen LogP contribution in [0, 0.1) is 24.6 Å². The van der Waals surface area contributed by atoms with E-state index in [1.165, 1.54) is 24.4 Å². The molecule has 0 aliphatic carbocycles. The molecule has 0 spiro atoms. The van der Waals surface area contributed by atoms with Gasteiger partial charge in [0.05, 0.1) is 6.20 Å². The van der Waals surface area contributed by atoms with Crippen LogP contribution >= 0.6 is 0 Å². The standard InChI is InChI=1S/C15H13FN2O3/c1-10-8-18-21-14(10)15(20)17-9-12-7-11(3-2-6-19)4-5-13(12)16/h4-5,7-8,19H,6,9H2,1H3,(H,17,20). The summed E-state index contributed by atoms with van der Waals surface area (Å²) in [4.78, 5) is 11.8. The van der Waals surface area contributed by atoms with Gasteiger partial charge >= 0.3 is 0 Å². The van der Waals surface area contributed by atoms with Crippen molar-refractivity contribution in [2.24, 2.45) is 0 Å². The number of aliphatic hydroxyl groups is 1. The van der Waals surface area contributed by atoms with E-state index in [1.54, 1.807) is 6.92 Å². The Morgan fingerprint density at radius 2 is 2.33 bits per heavy atom. The second kappa shape index (κ2) is 6.68. The molecule has 1 amide bonds. The smallest absolute Gasteiger partial charge is 0.290 e. The predicted molar refractivity (Wildman–Crippen MR) is 72.8 cm³/mol. The lowest BCUT2D eigenvalue weighted by atomic mass is 10.1. The molecule has 0 fully saturated rings. The first-order valence-corrected chi connectivity index (χ1v) is 6.19. The van der Waals surface area contributed by atoms with Crippen LogP contribution in [0.2, 0.25) is 0 Å². The first-order chi connectivity index (χ1) is 10.1. The van der Waals surface area contributed by atoms with Gasteiger partial charge in [0.2, 0.25) is 5.76 Å². The van der Waals surface area contributed by atoms with Crippen LogP contribution in [-0.2, 0) is 6.54 Å². The fourth-order valence-corrected chi connectivity index (χ4v) is 1.69. The highest BCUT2D eigenvalue weighted by Gasteiger charge is 2.14. The Morgan fingerprint density at radius 1 is 1.52 bits per heavy atom. The molecule has 0 saturated carbocycles. The third kappa shape index (κ3) is 3.68. The highest BCUT2D eigenvalue weighted by molar-refractivity contribution is 5.92. The van der Waals surface area contributed by atoms with Crippen molar-refractivity contribution < 1.29 is 18.8 Å². The van der Waals surface area contributed by atoms with Crippen molar-refractivity contribution >= 4 is 5.91 Å². The van der Waals surface area contributed by atoms with E-state index in [9.17, 15) is 9.18 Å². The Balaban J connectivity index is 2.09. The lowest BCUT2D eigenvalue weighted by Crippen LogP contribution is -2.23. The fraction of sp³-hybridized carbons (Fsp3) is 0.200. The Morgan fingerprint density at radius 3 is 3.00 bits per heavy atom. The monoisotopic (exact) mass is 288 g/mol. The van der Waals surface area contributed by atoms with Crippen molar-refractivity contribution in [1.82, 2.24) is 10.5 Å². The molecule has 0 radical (unpaired) electrons. The lowest BCUT2D eigenvalue weighted by Gasteiger charge is -2.05. The molecule has 5 nitrogen and oxygen atoms in total. The topological polar surface area (TPSA) is 75.4 Å². The highest BCUT2D eigenvalue weighted by Crippen LogP contribution is 2.11. The zero-order chi connectivity index (χ0) is 15.2. The molecule has 1 aromatic heterocycles. The van der Waals surface area contributed by atoms with Crippen molar-refractivity contribution in [2.45, 2.75) is 13.5 Å². The molecule has 1 aromatic carbocycles. The minimum atomic E-state index is -0.462. The molecule has 0 unspecified atom stereocenters. The second-order valence-electron chi connectivity index (χ2n) is 4.29. The molecular formula is C15H13FN2O3. The summed E-state index contributed by atoms with van der Waals surface area (Å²) in [6, 6.07) is 4.29. The average molecular weight is 288 g/mol. The third-order valence-electron chi connectivity index (χ3n) is 2.75. The lowest BCUT2D eigenvalue weighted by molar-refractivity contribution is 0.0912. The van der Waals surface area contributed by atoms with E-state index in [-0.39, 0.29) is 18.9 Å². The van der Waals surface area contributed by atoms with Gasteiger partial charge in [-0.2, -0.15) is 0 Å². The molecule has 0 saturated heterocycles. The van der Waals surface area contributed by atoms with E-state index in [0.29, 0.717) is 16.7 Å². The van der Waals surface area contributed by atoms with E-state index in [1.807, 2.05) is 0 Å². The van der Waals surface area contributed by atoms with E-state index < -0.39 is 11.7 Å². The molecule has 0 aliphatic rings. The third-order valence-corrected chi connectivity index (χ3v) is 2.75. The predicted octanol–water partition coefficient (Wildman–Crippen LogP) is 1.40. The molecule has 2 aromatic rings. The number of carbonyl (C=O) groups excluding carboxylic acids is 1. The van der Waals surface area contributed by atoms with Crippen LogP contribution in [0.25, 0.3) is 0 Å². The van der Waals surface area contributed by atoms with Crippen molar-refractivity contribution in [2.75, 3.05) is 6.61 Å². The molecule has 21 heavy (non-hydrogen) atoms. The Labute approximate surface area is 120 Å². The summed E-state index contributed by atoms with van der Waals surface area (Å²) in [6.07, 6.45) is 1.43. The van der Waals surface area contributed by atoms with Gasteiger partial charge in [-0.3, -0.25) is 4.79 Å². The SMILES string of the molecule is Cc1cnoc1C(=O)NCc1cc(C#CCO)ccc1F. The second-order valence-corrected chi connectivity index (χ2v) is 4.29. The maximum Gasteiger partial charge on any atom is 0.290 e. The van der Waals surface area contributed by atoms with Crippen molar-refractivity contribution in [3.8, 4) is 11.8 Å². The average Bonchev–Trinajstić information content (AvgIpc) is 2.91. The maximum absolute atomic E-state index is 13.7. The summed E-state index contributed by atoms with van der Waals surface area (Å²) in [6.45, 7) is 1.42. The summed E-state index contributed by atoms with van der Waals surface area (Å²) in [7, 11) is 0. The van der Waals surface area contributed by atoms with Crippen molar-refractivity contribution in [3.05, 3.63) is 52.7 Å². The normalized spacial score (nSPS) is 9.86. The number of aliphatic hydroxyl groups excluding tert-OH is 1. The number of benzene rings is 1. The summed E-state index contributed by atoms with van der Waals surface area (Å²) in [5.41, 5.74) is 1.46. The number of nitrogens with zero attached hydrogens (tertiary/aromatic N) is 1. The van der Waals surface area contributed by atoms with Gasteiger partial charge in [0.15, 0.2) is 0 Å². The number of rotatable bonds is 3. The van der Waals surface area contributed by atoms with Gasteiger partial charge in [0.25, 0.3) is 5.91 Å². The van der Waals surface area contributed by atoms with Gasteiger partial charge in [-0.15, -0.1) is 0 Å². The van der Waals surface area contributed by atoms with E-state index in [4.69, 9.17) is 9.63 Å². The molecule has 1 heterocycles. The molecule has 2 N–H and O–H groups in total. The number of hydrogen-bond acceptors (Lipinski definition) is 4. The van der Waals surface area contributed by atoms with Gasteiger partial charge in [-0.05, 0) is 25.1 Å². The molecule has 108 valence electrons. The number of aromatic nitrogens is 1. The summed E-state index contributed by atoms with van der Waals surface area (Å²) >= 11 is 0. The van der Waals surface area contributed by atoms with Crippen LogP contribution in [0.3, 0.4) is 0 Å². The van der Waals surface area contributed by atoms with Crippen molar-refractivity contribution in [1.29, 1.82) is 0 Å². The summed E-state index contributed by atoms with van der Waals surface area (Å²) < 4.78 is 18.5. The fourth-order valence-electron chi connectivity index (χ4n) is 1.69. The Bertz CT molecular complexity index is 713. The van der Waals surface area contributed by atoms with Gasteiger partial charge in [0, 0.05) is 23.2 Å². The zero-order valence-corrected chi connectivity index (χ0v) is 11.3. The number of hydrogen-bond donors (Lipinski definition) is 2. The molecule has 2 rings (SSSR count). The van der Waals surface area contributed by atoms with Gasteiger partial charge in [-0.1, -0.05) is 17.0 Å². The van der Waals surface area contributed by atoms with Crippen LogP contribution < -0.4 is 5.32 Å². The van der Waals surface area contributed by atoms with Crippen LogP contribution in [0.15, 0.2) is 28.9 Å².